The van der Waals surface area contributed by atoms with E-state index in [9.17, 15) is 5.11 Å². The van der Waals surface area contributed by atoms with E-state index in [0.717, 1.165) is 23.4 Å². The Bertz CT molecular complexity index is 686. The summed E-state index contributed by atoms with van der Waals surface area (Å²) in [6.07, 6.45) is 2.87. The number of hydrogen-bond acceptors (Lipinski definition) is 3. The van der Waals surface area contributed by atoms with Gasteiger partial charge in [-0.15, -0.1) is 11.8 Å². The normalized spacial score (nSPS) is 12.0. The van der Waals surface area contributed by atoms with Crippen LogP contribution in [0.15, 0.2) is 52.4 Å². The van der Waals surface area contributed by atoms with E-state index in [1.54, 1.807) is 12.3 Å². The monoisotopic (exact) mass is 327 g/mol. The molecule has 0 fully saturated rings. The Kier molecular flexibility index (Phi) is 5.89. The van der Waals surface area contributed by atoms with E-state index < -0.39 is 0 Å². The Labute approximate surface area is 143 Å². The Morgan fingerprint density at radius 3 is 2.48 bits per heavy atom. The Hall–Kier alpha value is -1.74. The number of hydrogen-bond donors (Lipinski definition) is 1. The summed E-state index contributed by atoms with van der Waals surface area (Å²) in [6.45, 7) is 8.89. The molecule has 0 unspecified atom stereocenters. The van der Waals surface area contributed by atoms with Crippen LogP contribution in [-0.4, -0.2) is 17.1 Å². The van der Waals surface area contributed by atoms with Crippen molar-refractivity contribution in [3.8, 4) is 5.75 Å². The van der Waals surface area contributed by atoms with Crippen LogP contribution in [0.2, 0.25) is 0 Å². The molecule has 1 N–H and O–H groups in total. The van der Waals surface area contributed by atoms with Gasteiger partial charge in [-0.25, -0.2) is 0 Å². The standard InChI is InChI=1S/C20H25NOS/c1-5-13-23-19-16(20(2,3)4)10-8-11-17(19)21-14-15-9-6-7-12-18(15)22/h6-12,14,22H,5,13H2,1-4H3. The van der Waals surface area contributed by atoms with Gasteiger partial charge in [0.05, 0.1) is 5.69 Å². The number of phenolic OH excluding ortho intramolecular Hbond substituents is 1. The zero-order chi connectivity index (χ0) is 16.9. The van der Waals surface area contributed by atoms with Crippen LogP contribution in [0.1, 0.15) is 45.2 Å². The van der Waals surface area contributed by atoms with E-state index in [-0.39, 0.29) is 11.2 Å². The number of para-hydroxylation sites is 1. The van der Waals surface area contributed by atoms with Crippen molar-refractivity contribution in [2.24, 2.45) is 4.99 Å². The number of benzene rings is 2. The maximum Gasteiger partial charge on any atom is 0.124 e. The highest BCUT2D eigenvalue weighted by atomic mass is 32.2. The topological polar surface area (TPSA) is 32.6 Å². The summed E-state index contributed by atoms with van der Waals surface area (Å²) < 4.78 is 0. The first-order valence-corrected chi connectivity index (χ1v) is 9.00. The van der Waals surface area contributed by atoms with Crippen molar-refractivity contribution in [1.82, 2.24) is 0 Å². The summed E-state index contributed by atoms with van der Waals surface area (Å²) in [5.41, 5.74) is 3.11. The molecule has 122 valence electrons. The van der Waals surface area contributed by atoms with Gasteiger partial charge in [0, 0.05) is 16.7 Å². The quantitative estimate of drug-likeness (QED) is 0.544. The molecule has 0 spiro atoms. The minimum atomic E-state index is 0.0799. The van der Waals surface area contributed by atoms with Crippen LogP contribution < -0.4 is 0 Å². The van der Waals surface area contributed by atoms with Gasteiger partial charge in [0.1, 0.15) is 5.75 Å². The summed E-state index contributed by atoms with van der Waals surface area (Å²) in [5, 5.41) is 9.89. The molecule has 2 rings (SSSR count). The lowest BCUT2D eigenvalue weighted by molar-refractivity contribution is 0.474. The highest BCUT2D eigenvalue weighted by Crippen LogP contribution is 2.39. The fourth-order valence-corrected chi connectivity index (χ4v) is 3.52. The first-order valence-electron chi connectivity index (χ1n) is 8.02. The van der Waals surface area contributed by atoms with Crippen molar-refractivity contribution in [2.75, 3.05) is 5.75 Å². The fourth-order valence-electron chi connectivity index (χ4n) is 2.31. The minimum absolute atomic E-state index is 0.0799. The third kappa shape index (κ3) is 4.61. The zero-order valence-corrected chi connectivity index (χ0v) is 15.2. The lowest BCUT2D eigenvalue weighted by Crippen LogP contribution is -2.12. The number of phenols is 1. The molecule has 0 heterocycles. The van der Waals surface area contributed by atoms with Crippen molar-refractivity contribution < 1.29 is 5.11 Å². The van der Waals surface area contributed by atoms with E-state index >= 15 is 0 Å². The largest absolute Gasteiger partial charge is 0.507 e. The van der Waals surface area contributed by atoms with Gasteiger partial charge in [0.2, 0.25) is 0 Å². The molecule has 0 aliphatic carbocycles. The molecule has 23 heavy (non-hydrogen) atoms. The smallest absolute Gasteiger partial charge is 0.124 e. The van der Waals surface area contributed by atoms with Gasteiger partial charge >= 0.3 is 0 Å². The van der Waals surface area contributed by atoms with Gasteiger partial charge in [-0.05, 0) is 41.4 Å². The lowest BCUT2D eigenvalue weighted by Gasteiger charge is -2.23. The van der Waals surface area contributed by atoms with Crippen molar-refractivity contribution in [3.05, 3.63) is 53.6 Å². The van der Waals surface area contributed by atoms with Gasteiger partial charge in [0.15, 0.2) is 0 Å². The van der Waals surface area contributed by atoms with Gasteiger partial charge in [-0.2, -0.15) is 0 Å². The van der Waals surface area contributed by atoms with Gasteiger partial charge in [-0.1, -0.05) is 52.0 Å². The molecule has 3 heteroatoms. The lowest BCUT2D eigenvalue weighted by atomic mass is 9.87. The van der Waals surface area contributed by atoms with Crippen LogP contribution in [0.25, 0.3) is 0 Å². The third-order valence-electron chi connectivity index (χ3n) is 3.53. The molecule has 0 aliphatic heterocycles. The summed E-state index contributed by atoms with van der Waals surface area (Å²) >= 11 is 1.86. The molecule has 0 amide bonds. The van der Waals surface area contributed by atoms with E-state index in [4.69, 9.17) is 0 Å². The predicted octanol–water partition coefficient (Wildman–Crippen LogP) is 5.94. The molecular weight excluding hydrogens is 302 g/mol. The van der Waals surface area contributed by atoms with Gasteiger partial charge in [0.25, 0.3) is 0 Å². The van der Waals surface area contributed by atoms with Crippen LogP contribution in [0.3, 0.4) is 0 Å². The summed E-state index contributed by atoms with van der Waals surface area (Å²) in [4.78, 5) is 5.90. The Morgan fingerprint density at radius 1 is 1.09 bits per heavy atom. The SMILES string of the molecule is CCCSc1c(N=Cc2ccccc2O)cccc1C(C)(C)C. The molecule has 0 atom stereocenters. The molecule has 2 aromatic carbocycles. The molecule has 0 saturated carbocycles. The predicted molar refractivity (Wildman–Crippen MR) is 102 cm³/mol. The molecule has 0 aliphatic rings. The Balaban J connectivity index is 2.43. The maximum absolute atomic E-state index is 9.89. The fraction of sp³-hybridized carbons (Fsp3) is 0.350. The van der Waals surface area contributed by atoms with Crippen molar-refractivity contribution >= 4 is 23.7 Å². The van der Waals surface area contributed by atoms with Crippen LogP contribution in [-0.2, 0) is 5.41 Å². The first kappa shape index (κ1) is 17.6. The van der Waals surface area contributed by atoms with Crippen molar-refractivity contribution in [3.63, 3.8) is 0 Å². The van der Waals surface area contributed by atoms with Crippen molar-refractivity contribution in [1.29, 1.82) is 0 Å². The number of nitrogens with zero attached hydrogens (tertiary/aromatic N) is 1. The van der Waals surface area contributed by atoms with E-state index in [0.29, 0.717) is 0 Å². The number of thioether (sulfide) groups is 1. The van der Waals surface area contributed by atoms with E-state index in [1.807, 2.05) is 36.0 Å². The zero-order valence-electron chi connectivity index (χ0n) is 14.3. The summed E-state index contributed by atoms with van der Waals surface area (Å²) in [6, 6.07) is 13.6. The Morgan fingerprint density at radius 2 is 1.83 bits per heavy atom. The minimum Gasteiger partial charge on any atom is -0.507 e. The van der Waals surface area contributed by atoms with Crippen LogP contribution in [0.4, 0.5) is 5.69 Å². The highest BCUT2D eigenvalue weighted by molar-refractivity contribution is 7.99. The molecule has 0 radical (unpaired) electrons. The van der Waals surface area contributed by atoms with Crippen molar-refractivity contribution in [2.45, 2.75) is 44.4 Å². The second-order valence-electron chi connectivity index (χ2n) is 6.57. The first-order chi connectivity index (χ1) is 10.9. The molecular formula is C20H25NOS. The molecule has 0 aromatic heterocycles. The number of aromatic hydroxyl groups is 1. The van der Waals surface area contributed by atoms with E-state index in [1.165, 1.54) is 10.5 Å². The van der Waals surface area contributed by atoms with Gasteiger partial charge < -0.3 is 5.11 Å². The average molecular weight is 327 g/mol. The summed E-state index contributed by atoms with van der Waals surface area (Å²) in [7, 11) is 0. The number of aliphatic imine (C=N–C) groups is 1. The molecule has 0 bridgehead atoms. The van der Waals surface area contributed by atoms with Gasteiger partial charge in [-0.3, -0.25) is 4.99 Å². The maximum atomic E-state index is 9.89. The van der Waals surface area contributed by atoms with E-state index in [2.05, 4.69) is 44.8 Å². The second kappa shape index (κ2) is 7.69. The third-order valence-corrected chi connectivity index (χ3v) is 4.86. The van der Waals surface area contributed by atoms with Crippen LogP contribution in [0.5, 0.6) is 5.75 Å². The molecule has 2 nitrogen and oxygen atoms in total. The highest BCUT2D eigenvalue weighted by Gasteiger charge is 2.20. The molecule has 2 aromatic rings. The van der Waals surface area contributed by atoms with Crippen LogP contribution >= 0.6 is 11.8 Å². The number of rotatable bonds is 5. The molecule has 0 saturated heterocycles. The average Bonchev–Trinajstić information content (AvgIpc) is 2.51. The van der Waals surface area contributed by atoms with Crippen LogP contribution in [0, 0.1) is 0 Å². The second-order valence-corrected chi connectivity index (χ2v) is 7.67. The summed E-state index contributed by atoms with van der Waals surface area (Å²) in [5.74, 6) is 1.33.